The minimum Gasteiger partial charge on any atom is -0.481 e. The number of fused-ring (bicyclic) bond motifs is 1. The highest BCUT2D eigenvalue weighted by molar-refractivity contribution is 7.19. The van der Waals surface area contributed by atoms with E-state index in [0.717, 1.165) is 48.8 Å². The maximum Gasteiger partial charge on any atom is 0.417 e. The Kier molecular flexibility index (Phi) is 12.6. The predicted octanol–water partition coefficient (Wildman–Crippen LogP) is 11.6. The Balaban J connectivity index is 2.48. The Hall–Kier alpha value is -3.45. The summed E-state index contributed by atoms with van der Waals surface area (Å²) in [6, 6.07) is 4.17. The van der Waals surface area contributed by atoms with Gasteiger partial charge in [-0.2, -0.15) is 18.4 Å². The number of nitriles is 1. The number of allylic oxidation sites excluding steroid dienone is 7. The summed E-state index contributed by atoms with van der Waals surface area (Å²) in [6.07, 6.45) is 0.790. The summed E-state index contributed by atoms with van der Waals surface area (Å²) < 4.78 is 83.0. The van der Waals surface area contributed by atoms with E-state index in [9.17, 15) is 5.26 Å². The van der Waals surface area contributed by atoms with Crippen molar-refractivity contribution in [3.63, 3.8) is 0 Å². The summed E-state index contributed by atoms with van der Waals surface area (Å²) in [5.41, 5.74) is -2.11. The van der Waals surface area contributed by atoms with E-state index < -0.39 is 29.0 Å². The monoisotopic (exact) mass is 675 g/mol. The van der Waals surface area contributed by atoms with Crippen LogP contribution < -0.4 is 0 Å². The van der Waals surface area contributed by atoms with Crippen LogP contribution in [0.1, 0.15) is 103 Å². The first-order valence-corrected chi connectivity index (χ1v) is 17.0. The van der Waals surface area contributed by atoms with E-state index in [1.54, 1.807) is 13.0 Å². The third-order valence-electron chi connectivity index (χ3n) is 8.92. The number of benzene rings is 1. The van der Waals surface area contributed by atoms with E-state index in [0.29, 0.717) is 22.9 Å². The van der Waals surface area contributed by atoms with E-state index in [2.05, 4.69) is 38.8 Å². The molecule has 1 heterocycles. The first-order valence-electron chi connectivity index (χ1n) is 16.1. The van der Waals surface area contributed by atoms with E-state index in [4.69, 9.17) is 4.74 Å². The Bertz CT molecular complexity index is 1670. The molecular weight excluding hydrogens is 629 g/mol. The normalized spacial score (nSPS) is 17.8. The molecule has 0 bridgehead atoms. The lowest BCUT2D eigenvalue weighted by atomic mass is 9.84. The molecule has 0 fully saturated rings. The smallest absolute Gasteiger partial charge is 0.417 e. The first-order chi connectivity index (χ1) is 22.0. The Morgan fingerprint density at radius 1 is 1.11 bits per heavy atom. The molecule has 0 N–H and O–H groups in total. The van der Waals surface area contributed by atoms with E-state index >= 15 is 22.0 Å². The van der Waals surface area contributed by atoms with Gasteiger partial charge in [0, 0.05) is 40.2 Å². The van der Waals surface area contributed by atoms with Crippen LogP contribution in [0.5, 0.6) is 0 Å². The first kappa shape index (κ1) is 38.0. The van der Waals surface area contributed by atoms with Crippen LogP contribution in [0.2, 0.25) is 0 Å². The van der Waals surface area contributed by atoms with Gasteiger partial charge in [0.2, 0.25) is 5.88 Å². The van der Waals surface area contributed by atoms with Crippen molar-refractivity contribution >= 4 is 32.7 Å². The van der Waals surface area contributed by atoms with Gasteiger partial charge in [-0.25, -0.2) is 13.8 Å². The zero-order valence-corrected chi connectivity index (χ0v) is 29.8. The van der Waals surface area contributed by atoms with Gasteiger partial charge >= 0.3 is 6.18 Å². The van der Waals surface area contributed by atoms with Crippen molar-refractivity contribution in [3.8, 4) is 6.07 Å². The molecule has 0 aliphatic heterocycles. The van der Waals surface area contributed by atoms with Crippen molar-refractivity contribution in [1.82, 2.24) is 4.90 Å². The van der Waals surface area contributed by atoms with Gasteiger partial charge in [0.1, 0.15) is 17.6 Å². The average molecular weight is 676 g/mol. The molecule has 0 spiro atoms. The summed E-state index contributed by atoms with van der Waals surface area (Å²) in [5.74, 6) is -1.44. The summed E-state index contributed by atoms with van der Waals surface area (Å²) in [5, 5.41) is 10.1. The lowest BCUT2D eigenvalue weighted by Crippen LogP contribution is -2.36. The van der Waals surface area contributed by atoms with Crippen molar-refractivity contribution in [1.29, 1.82) is 5.26 Å². The molecule has 1 aromatic heterocycles. The highest BCUT2D eigenvalue weighted by Crippen LogP contribution is 2.49. The fraction of sp³-hybridized carbons (Fsp3) is 0.514. The van der Waals surface area contributed by atoms with Gasteiger partial charge in [0.25, 0.3) is 0 Å². The Morgan fingerprint density at radius 2 is 1.77 bits per heavy atom. The molecule has 4 nitrogen and oxygen atoms in total. The molecule has 10 heteroatoms. The summed E-state index contributed by atoms with van der Waals surface area (Å²) in [6.45, 7) is 15.6. The minimum atomic E-state index is -5.00. The second-order valence-corrected chi connectivity index (χ2v) is 13.8. The predicted molar refractivity (Wildman–Crippen MR) is 183 cm³/mol. The van der Waals surface area contributed by atoms with E-state index in [-0.39, 0.29) is 56.3 Å². The van der Waals surface area contributed by atoms with Gasteiger partial charge in [-0.3, -0.25) is 0 Å². The molecule has 0 amide bonds. The van der Waals surface area contributed by atoms with Crippen LogP contribution in [0.3, 0.4) is 0 Å². The van der Waals surface area contributed by atoms with Gasteiger partial charge < -0.3 is 9.64 Å². The third-order valence-corrected chi connectivity index (χ3v) is 10.4. The van der Waals surface area contributed by atoms with Gasteiger partial charge in [0.15, 0.2) is 5.83 Å². The van der Waals surface area contributed by atoms with Gasteiger partial charge in [-0.05, 0) is 67.7 Å². The molecule has 1 aliphatic carbocycles. The lowest BCUT2D eigenvalue weighted by molar-refractivity contribution is -0.0872. The molecule has 256 valence electrons. The SMILES string of the molecule is CC/C=C(/N=C1/C(F)=C(c2ccc(F)c3sc(C(C)C)c(C#N)c23)C(C(F)(F)F)=C/C1=C(/C)N(C)C(CCC(C)CC)C(C)C)OC. The maximum atomic E-state index is 17.2. The largest absolute Gasteiger partial charge is 0.481 e. The number of hydrogen-bond donors (Lipinski definition) is 0. The fourth-order valence-corrected chi connectivity index (χ4v) is 7.14. The Labute approximate surface area is 280 Å². The zero-order valence-electron chi connectivity index (χ0n) is 29.0. The summed E-state index contributed by atoms with van der Waals surface area (Å²) in [7, 11) is 3.18. The third kappa shape index (κ3) is 7.99. The molecule has 0 saturated carbocycles. The molecular formula is C37H46F5N3OS. The number of aliphatic imine (C=N–C) groups is 1. The van der Waals surface area contributed by atoms with E-state index in [1.807, 2.05) is 32.7 Å². The summed E-state index contributed by atoms with van der Waals surface area (Å²) in [4.78, 5) is 6.90. The second-order valence-electron chi connectivity index (χ2n) is 12.8. The zero-order chi connectivity index (χ0) is 35.4. The van der Waals surface area contributed by atoms with E-state index in [1.165, 1.54) is 7.11 Å². The molecule has 1 aromatic carbocycles. The minimum absolute atomic E-state index is 0.00450. The van der Waals surface area contributed by atoms with Crippen LogP contribution in [0.15, 0.2) is 57.8 Å². The maximum absolute atomic E-state index is 17.2. The van der Waals surface area contributed by atoms with Crippen molar-refractivity contribution in [2.45, 2.75) is 99.2 Å². The van der Waals surface area contributed by atoms with Crippen molar-refractivity contribution in [2.24, 2.45) is 16.8 Å². The molecule has 0 saturated heterocycles. The number of alkyl halides is 3. The van der Waals surface area contributed by atoms with Crippen molar-refractivity contribution in [3.05, 3.63) is 74.7 Å². The van der Waals surface area contributed by atoms with Crippen LogP contribution in [0.4, 0.5) is 22.0 Å². The number of halogens is 5. The number of methoxy groups -OCH3 is 1. The number of rotatable bonds is 12. The number of ether oxygens (including phenoxy) is 1. The number of nitrogens with zero attached hydrogens (tertiary/aromatic N) is 3. The quantitative estimate of drug-likeness (QED) is 0.166. The molecule has 0 radical (unpaired) electrons. The Morgan fingerprint density at radius 3 is 2.28 bits per heavy atom. The summed E-state index contributed by atoms with van der Waals surface area (Å²) >= 11 is 0.998. The van der Waals surface area contributed by atoms with Gasteiger partial charge in [-0.1, -0.05) is 61.0 Å². The highest BCUT2D eigenvalue weighted by atomic mass is 32.1. The second kappa shape index (κ2) is 15.6. The van der Waals surface area contributed by atoms with Crippen LogP contribution in [-0.2, 0) is 4.74 Å². The van der Waals surface area contributed by atoms with Crippen LogP contribution in [0.25, 0.3) is 15.7 Å². The molecule has 2 unspecified atom stereocenters. The number of hydrogen-bond acceptors (Lipinski definition) is 5. The lowest BCUT2D eigenvalue weighted by Gasteiger charge is -2.36. The van der Waals surface area contributed by atoms with Crippen LogP contribution in [-0.4, -0.2) is 37.0 Å². The van der Waals surface area contributed by atoms with Gasteiger partial charge in [0.05, 0.1) is 22.9 Å². The van der Waals surface area contributed by atoms with Crippen LogP contribution in [0, 0.1) is 29.0 Å². The van der Waals surface area contributed by atoms with Crippen molar-refractivity contribution in [2.75, 3.05) is 14.2 Å². The van der Waals surface area contributed by atoms with Crippen LogP contribution >= 0.6 is 11.3 Å². The molecule has 2 atom stereocenters. The molecule has 3 rings (SSSR count). The number of thiophene rings is 1. The average Bonchev–Trinajstić information content (AvgIpc) is 3.42. The van der Waals surface area contributed by atoms with Crippen molar-refractivity contribution < 1.29 is 26.7 Å². The molecule has 1 aliphatic rings. The molecule has 47 heavy (non-hydrogen) atoms. The topological polar surface area (TPSA) is 48.6 Å². The molecule has 2 aromatic rings. The fourth-order valence-electron chi connectivity index (χ4n) is 5.96. The highest BCUT2D eigenvalue weighted by Gasteiger charge is 2.43. The van der Waals surface area contributed by atoms with Gasteiger partial charge in [-0.15, -0.1) is 11.3 Å². The standard InChI is InChI=1S/C37H46F5N3OS/c1-11-13-30(46-10)44-34-25(23(8)45(9)29(20(3)4)17-14-22(7)12-2)18-27(37(40,41)42)32(33(34)39)24-15-16-28(38)36-31(24)26(19-43)35(47-36)21(5)6/h13,15-16,18,20-22,29H,11-12,14,17H2,1-10H3/b25-23+,30-13-,44-34+.